The zero-order chi connectivity index (χ0) is 14.2. The first-order valence-corrected chi connectivity index (χ1v) is 8.60. The zero-order valence-corrected chi connectivity index (χ0v) is 13.4. The summed E-state index contributed by atoms with van der Waals surface area (Å²) in [6.07, 6.45) is 5.03. The lowest BCUT2D eigenvalue weighted by molar-refractivity contribution is -0.148. The number of esters is 1. The molecule has 7 heteroatoms. The maximum absolute atomic E-state index is 12.2. The van der Waals surface area contributed by atoms with E-state index in [4.69, 9.17) is 4.74 Å². The highest BCUT2D eigenvalue weighted by Crippen LogP contribution is 2.42. The van der Waals surface area contributed by atoms with E-state index in [9.17, 15) is 4.79 Å². The maximum atomic E-state index is 12.2. The van der Waals surface area contributed by atoms with Crippen molar-refractivity contribution in [3.8, 4) is 0 Å². The van der Waals surface area contributed by atoms with E-state index in [1.165, 1.54) is 31.5 Å². The van der Waals surface area contributed by atoms with E-state index in [1.54, 1.807) is 11.8 Å². The van der Waals surface area contributed by atoms with Crippen molar-refractivity contribution >= 4 is 29.3 Å². The van der Waals surface area contributed by atoms with Crippen molar-refractivity contribution < 1.29 is 9.53 Å². The van der Waals surface area contributed by atoms with E-state index < -0.39 is 5.54 Å². The van der Waals surface area contributed by atoms with Gasteiger partial charge in [0.25, 0.3) is 0 Å². The van der Waals surface area contributed by atoms with Crippen LogP contribution >= 0.6 is 23.3 Å². The first-order valence-electron chi connectivity index (χ1n) is 6.94. The molecule has 2 fully saturated rings. The highest BCUT2D eigenvalue weighted by molar-refractivity contribution is 8.01. The van der Waals surface area contributed by atoms with Gasteiger partial charge in [0.05, 0.1) is 7.11 Å². The second kappa shape index (κ2) is 5.61. The minimum absolute atomic E-state index is 0.110. The van der Waals surface area contributed by atoms with Gasteiger partial charge in [-0.25, -0.2) is 4.98 Å². The first kappa shape index (κ1) is 14.3. The van der Waals surface area contributed by atoms with Gasteiger partial charge >= 0.3 is 5.97 Å². The average Bonchev–Trinajstić information content (AvgIpc) is 3.00. The first-order chi connectivity index (χ1) is 9.61. The topological polar surface area (TPSA) is 64.1 Å². The molecule has 0 spiro atoms. The van der Waals surface area contributed by atoms with E-state index in [1.807, 2.05) is 6.92 Å². The van der Waals surface area contributed by atoms with Crippen LogP contribution in [0.1, 0.15) is 37.9 Å². The summed E-state index contributed by atoms with van der Waals surface area (Å²) in [4.78, 5) is 16.6. The Morgan fingerprint density at radius 2 is 2.30 bits per heavy atom. The monoisotopic (exact) mass is 313 g/mol. The molecule has 0 amide bonds. The molecule has 5 nitrogen and oxygen atoms in total. The van der Waals surface area contributed by atoms with Crippen LogP contribution in [0.25, 0.3) is 0 Å². The summed E-state index contributed by atoms with van der Waals surface area (Å²) in [5, 5.41) is 3.93. The lowest BCUT2D eigenvalue weighted by Gasteiger charge is -2.27. The lowest BCUT2D eigenvalue weighted by atomic mass is 9.97. The third kappa shape index (κ3) is 2.99. The van der Waals surface area contributed by atoms with Gasteiger partial charge in [-0.05, 0) is 50.6 Å². The van der Waals surface area contributed by atoms with Crippen LogP contribution < -0.4 is 5.32 Å². The number of carbonyl (C=O) groups is 1. The van der Waals surface area contributed by atoms with Gasteiger partial charge in [-0.1, -0.05) is 11.8 Å². The number of thioether (sulfide) groups is 1. The standard InChI is InChI=1S/C13H19N3O2S2/c1-8-14-12(20-16-8)19-10-5-6-13(7-10,11(17)18-2)15-9-3-4-9/h9-10,15H,3-7H2,1-2H3. The molecule has 110 valence electrons. The Bertz CT molecular complexity index is 504. The van der Waals surface area contributed by atoms with E-state index in [0.717, 1.165) is 29.4 Å². The average molecular weight is 313 g/mol. The predicted octanol–water partition coefficient (Wildman–Crippen LogP) is 2.15. The van der Waals surface area contributed by atoms with Crippen LogP contribution in [0, 0.1) is 6.92 Å². The number of nitrogens with one attached hydrogen (secondary N) is 1. The van der Waals surface area contributed by atoms with Gasteiger partial charge in [0, 0.05) is 11.3 Å². The SMILES string of the molecule is COC(=O)C1(NC2CC2)CCC(Sc2nc(C)ns2)C1. The Morgan fingerprint density at radius 3 is 2.90 bits per heavy atom. The molecule has 2 atom stereocenters. The number of aromatic nitrogens is 2. The molecule has 2 unspecified atom stereocenters. The molecule has 0 radical (unpaired) electrons. The molecule has 2 aliphatic rings. The summed E-state index contributed by atoms with van der Waals surface area (Å²) in [5.41, 5.74) is -0.479. The lowest BCUT2D eigenvalue weighted by Crippen LogP contribution is -2.52. The van der Waals surface area contributed by atoms with Gasteiger partial charge in [0.15, 0.2) is 4.34 Å². The molecule has 0 aliphatic heterocycles. The molecular formula is C13H19N3O2S2. The summed E-state index contributed by atoms with van der Waals surface area (Å²) in [6.45, 7) is 1.91. The van der Waals surface area contributed by atoms with Crippen molar-refractivity contribution in [2.75, 3.05) is 7.11 Å². The number of nitrogens with zero attached hydrogens (tertiary/aromatic N) is 2. The summed E-state index contributed by atoms with van der Waals surface area (Å²) in [6, 6.07) is 0.502. The molecule has 1 N–H and O–H groups in total. The molecule has 0 aromatic carbocycles. The quantitative estimate of drug-likeness (QED) is 0.840. The summed E-state index contributed by atoms with van der Waals surface area (Å²) >= 11 is 3.19. The fraction of sp³-hybridized carbons (Fsp3) is 0.769. The Hall–Kier alpha value is -0.660. The second-order valence-corrected chi connectivity index (χ2v) is 7.88. The second-order valence-electron chi connectivity index (χ2n) is 5.58. The summed E-state index contributed by atoms with van der Waals surface area (Å²) in [5.74, 6) is 0.715. The highest BCUT2D eigenvalue weighted by Gasteiger charge is 2.49. The third-order valence-electron chi connectivity index (χ3n) is 3.88. The van der Waals surface area contributed by atoms with Crippen molar-refractivity contribution in [1.29, 1.82) is 0 Å². The predicted molar refractivity (Wildman–Crippen MR) is 79.0 cm³/mol. The molecule has 20 heavy (non-hydrogen) atoms. The van der Waals surface area contributed by atoms with Gasteiger partial charge in [0.1, 0.15) is 11.4 Å². The van der Waals surface area contributed by atoms with E-state index >= 15 is 0 Å². The van der Waals surface area contributed by atoms with Crippen molar-refractivity contribution in [3.63, 3.8) is 0 Å². The van der Waals surface area contributed by atoms with Crippen LogP contribution in [0.15, 0.2) is 4.34 Å². The van der Waals surface area contributed by atoms with Crippen molar-refractivity contribution in [2.45, 2.75) is 60.2 Å². The van der Waals surface area contributed by atoms with Crippen molar-refractivity contribution in [1.82, 2.24) is 14.7 Å². The van der Waals surface area contributed by atoms with Gasteiger partial charge in [-0.15, -0.1) is 0 Å². The van der Waals surface area contributed by atoms with Gasteiger partial charge < -0.3 is 4.74 Å². The highest BCUT2D eigenvalue weighted by atomic mass is 32.2. The molecule has 1 aromatic rings. The fourth-order valence-electron chi connectivity index (χ4n) is 2.76. The van der Waals surface area contributed by atoms with Crippen LogP contribution in [0.5, 0.6) is 0 Å². The number of hydrogen-bond donors (Lipinski definition) is 1. The zero-order valence-electron chi connectivity index (χ0n) is 11.7. The molecule has 0 bridgehead atoms. The van der Waals surface area contributed by atoms with Crippen LogP contribution in [-0.2, 0) is 9.53 Å². The van der Waals surface area contributed by atoms with E-state index in [-0.39, 0.29) is 5.97 Å². The van der Waals surface area contributed by atoms with Crippen molar-refractivity contribution in [2.24, 2.45) is 0 Å². The maximum Gasteiger partial charge on any atom is 0.326 e. The van der Waals surface area contributed by atoms with Gasteiger partial charge in [-0.2, -0.15) is 4.37 Å². The molecule has 1 heterocycles. The Balaban J connectivity index is 1.66. The summed E-state index contributed by atoms with van der Waals surface area (Å²) < 4.78 is 10.2. The molecule has 3 rings (SSSR count). The number of hydrogen-bond acceptors (Lipinski definition) is 7. The normalized spacial score (nSPS) is 29.6. The van der Waals surface area contributed by atoms with Crippen molar-refractivity contribution in [3.05, 3.63) is 5.82 Å². The third-order valence-corrected chi connectivity index (χ3v) is 6.02. The minimum atomic E-state index is -0.479. The molecular weight excluding hydrogens is 294 g/mol. The Labute approximate surface area is 127 Å². The van der Waals surface area contributed by atoms with Crippen LogP contribution in [-0.4, -0.2) is 39.3 Å². The molecule has 0 saturated heterocycles. The number of carbonyl (C=O) groups excluding carboxylic acids is 1. The molecule has 2 saturated carbocycles. The van der Waals surface area contributed by atoms with Gasteiger partial charge in [0.2, 0.25) is 0 Å². The smallest absolute Gasteiger partial charge is 0.326 e. The Morgan fingerprint density at radius 1 is 1.50 bits per heavy atom. The van der Waals surface area contributed by atoms with E-state index in [2.05, 4.69) is 14.7 Å². The van der Waals surface area contributed by atoms with Crippen LogP contribution in [0.2, 0.25) is 0 Å². The fourth-order valence-corrected chi connectivity index (χ4v) is 4.95. The van der Waals surface area contributed by atoms with Gasteiger partial charge in [-0.3, -0.25) is 10.1 Å². The number of ether oxygens (including phenoxy) is 1. The van der Waals surface area contributed by atoms with Crippen LogP contribution in [0.4, 0.5) is 0 Å². The molecule has 1 aromatic heterocycles. The Kier molecular flexibility index (Phi) is 4.01. The molecule has 2 aliphatic carbocycles. The number of aryl methyl sites for hydroxylation is 1. The number of rotatable bonds is 5. The van der Waals surface area contributed by atoms with Crippen LogP contribution in [0.3, 0.4) is 0 Å². The minimum Gasteiger partial charge on any atom is -0.468 e. The number of methoxy groups -OCH3 is 1. The largest absolute Gasteiger partial charge is 0.468 e. The van der Waals surface area contributed by atoms with E-state index in [0.29, 0.717) is 11.3 Å². The summed E-state index contributed by atoms with van der Waals surface area (Å²) in [7, 11) is 1.48.